The standard InChI is InChI=1S/C7H12O.C3H7NO/c1-3-7(2)5-4-6-8;1-2-3(4)5/h3-5,8H,6H2,1-2H3;2H2,1H3,(H2,4,5)/b5-4-,7-3-;. The first kappa shape index (κ1) is 14.4. The highest BCUT2D eigenvalue weighted by Gasteiger charge is 1.77. The van der Waals surface area contributed by atoms with Crippen molar-refractivity contribution in [2.24, 2.45) is 5.73 Å². The minimum absolute atomic E-state index is 0.130. The molecule has 0 aromatic rings. The van der Waals surface area contributed by atoms with Crippen LogP contribution in [0.4, 0.5) is 0 Å². The smallest absolute Gasteiger partial charge is 0.217 e. The van der Waals surface area contributed by atoms with E-state index in [1.54, 1.807) is 13.0 Å². The Morgan fingerprint density at radius 1 is 1.54 bits per heavy atom. The molecule has 3 heteroatoms. The molecule has 0 saturated carbocycles. The van der Waals surface area contributed by atoms with Gasteiger partial charge in [-0.05, 0) is 13.8 Å². The Bertz CT molecular complexity index is 183. The van der Waals surface area contributed by atoms with Gasteiger partial charge in [0, 0.05) is 6.42 Å². The second kappa shape index (κ2) is 10.9. The van der Waals surface area contributed by atoms with Gasteiger partial charge in [-0.3, -0.25) is 4.79 Å². The highest BCUT2D eigenvalue weighted by atomic mass is 16.2. The van der Waals surface area contributed by atoms with E-state index in [0.29, 0.717) is 6.42 Å². The van der Waals surface area contributed by atoms with Gasteiger partial charge in [0.2, 0.25) is 5.91 Å². The maximum absolute atomic E-state index is 9.59. The average molecular weight is 185 g/mol. The van der Waals surface area contributed by atoms with Crippen molar-refractivity contribution in [1.29, 1.82) is 0 Å². The molecule has 0 aliphatic rings. The number of primary amides is 1. The lowest BCUT2D eigenvalue weighted by atomic mass is 10.3. The van der Waals surface area contributed by atoms with E-state index in [-0.39, 0.29) is 12.5 Å². The minimum Gasteiger partial charge on any atom is -0.392 e. The zero-order valence-corrected chi connectivity index (χ0v) is 8.58. The number of hydrogen-bond donors (Lipinski definition) is 2. The molecule has 13 heavy (non-hydrogen) atoms. The maximum Gasteiger partial charge on any atom is 0.217 e. The zero-order valence-electron chi connectivity index (χ0n) is 8.58. The Balaban J connectivity index is 0. The Morgan fingerprint density at radius 3 is 2.23 bits per heavy atom. The van der Waals surface area contributed by atoms with E-state index in [1.807, 2.05) is 26.0 Å². The van der Waals surface area contributed by atoms with Gasteiger partial charge in [0.25, 0.3) is 0 Å². The second-order valence-corrected chi connectivity index (χ2v) is 2.44. The number of hydrogen-bond acceptors (Lipinski definition) is 2. The molecule has 0 aromatic carbocycles. The van der Waals surface area contributed by atoms with E-state index in [2.05, 4.69) is 5.73 Å². The van der Waals surface area contributed by atoms with Crippen molar-refractivity contribution >= 4 is 5.91 Å². The zero-order chi connectivity index (χ0) is 10.7. The minimum atomic E-state index is -0.245. The maximum atomic E-state index is 9.59. The van der Waals surface area contributed by atoms with Crippen LogP contribution in [0.5, 0.6) is 0 Å². The fourth-order valence-electron chi connectivity index (χ4n) is 0.335. The van der Waals surface area contributed by atoms with Crippen molar-refractivity contribution in [1.82, 2.24) is 0 Å². The Kier molecular flexibility index (Phi) is 12.1. The van der Waals surface area contributed by atoms with Crippen molar-refractivity contribution in [3.05, 3.63) is 23.8 Å². The van der Waals surface area contributed by atoms with Gasteiger partial charge in [-0.2, -0.15) is 0 Å². The SMILES string of the molecule is C/C=C(C)\C=C/CO.CCC(N)=O. The fourth-order valence-corrected chi connectivity index (χ4v) is 0.335. The van der Waals surface area contributed by atoms with Crippen LogP contribution < -0.4 is 5.73 Å². The summed E-state index contributed by atoms with van der Waals surface area (Å²) in [4.78, 5) is 9.59. The fraction of sp³-hybridized carbons (Fsp3) is 0.500. The molecule has 0 unspecified atom stereocenters. The van der Waals surface area contributed by atoms with Crippen LogP contribution >= 0.6 is 0 Å². The lowest BCUT2D eigenvalue weighted by molar-refractivity contribution is -0.117. The lowest BCUT2D eigenvalue weighted by Crippen LogP contribution is -2.06. The largest absolute Gasteiger partial charge is 0.392 e. The van der Waals surface area contributed by atoms with Crippen LogP contribution in [0.2, 0.25) is 0 Å². The molecule has 0 rings (SSSR count). The van der Waals surface area contributed by atoms with E-state index in [4.69, 9.17) is 5.11 Å². The van der Waals surface area contributed by atoms with E-state index in [9.17, 15) is 4.79 Å². The van der Waals surface area contributed by atoms with Crippen LogP contribution in [0.15, 0.2) is 23.8 Å². The molecule has 76 valence electrons. The summed E-state index contributed by atoms with van der Waals surface area (Å²) in [6.45, 7) is 5.82. The first-order valence-electron chi connectivity index (χ1n) is 4.27. The molecule has 0 heterocycles. The molecular weight excluding hydrogens is 166 g/mol. The third-order valence-electron chi connectivity index (χ3n) is 1.29. The number of aliphatic hydroxyl groups is 1. The van der Waals surface area contributed by atoms with E-state index in [1.165, 1.54) is 5.57 Å². The van der Waals surface area contributed by atoms with Gasteiger partial charge >= 0.3 is 0 Å². The second-order valence-electron chi connectivity index (χ2n) is 2.44. The number of aliphatic hydroxyl groups excluding tert-OH is 1. The molecule has 0 atom stereocenters. The number of allylic oxidation sites excluding steroid dienone is 3. The van der Waals surface area contributed by atoms with E-state index < -0.39 is 0 Å². The summed E-state index contributed by atoms with van der Waals surface area (Å²) in [5.74, 6) is -0.245. The van der Waals surface area contributed by atoms with E-state index in [0.717, 1.165) is 0 Å². The Morgan fingerprint density at radius 2 is 2.00 bits per heavy atom. The van der Waals surface area contributed by atoms with Gasteiger partial charge in [0.1, 0.15) is 0 Å². The molecule has 0 spiro atoms. The summed E-state index contributed by atoms with van der Waals surface area (Å²) in [5, 5.41) is 8.30. The van der Waals surface area contributed by atoms with Gasteiger partial charge in [0.15, 0.2) is 0 Å². The normalized spacial score (nSPS) is 10.9. The van der Waals surface area contributed by atoms with Gasteiger partial charge in [0.05, 0.1) is 6.61 Å². The first-order valence-corrected chi connectivity index (χ1v) is 4.27. The summed E-state index contributed by atoms with van der Waals surface area (Å²) >= 11 is 0. The molecule has 3 N–H and O–H groups in total. The predicted molar refractivity (Wildman–Crippen MR) is 55.1 cm³/mol. The van der Waals surface area contributed by atoms with Crippen LogP contribution in [0.3, 0.4) is 0 Å². The molecular formula is C10H19NO2. The summed E-state index contributed by atoms with van der Waals surface area (Å²) in [5.41, 5.74) is 5.83. The highest BCUT2D eigenvalue weighted by Crippen LogP contribution is 1.91. The summed E-state index contributed by atoms with van der Waals surface area (Å²) in [7, 11) is 0. The Labute approximate surface area is 79.9 Å². The van der Waals surface area contributed by atoms with E-state index >= 15 is 0 Å². The van der Waals surface area contributed by atoms with Crippen molar-refractivity contribution in [3.8, 4) is 0 Å². The summed E-state index contributed by atoms with van der Waals surface area (Å²) in [6.07, 6.45) is 6.04. The molecule has 0 radical (unpaired) electrons. The van der Waals surface area contributed by atoms with Crippen molar-refractivity contribution < 1.29 is 9.90 Å². The van der Waals surface area contributed by atoms with Crippen molar-refractivity contribution in [2.45, 2.75) is 27.2 Å². The molecule has 3 nitrogen and oxygen atoms in total. The third-order valence-corrected chi connectivity index (χ3v) is 1.29. The van der Waals surface area contributed by atoms with Crippen molar-refractivity contribution in [3.63, 3.8) is 0 Å². The quantitative estimate of drug-likeness (QED) is 0.652. The predicted octanol–water partition coefficient (Wildman–Crippen LogP) is 1.38. The van der Waals surface area contributed by atoms with Crippen LogP contribution in [0.25, 0.3) is 0 Å². The number of carbonyl (C=O) groups is 1. The topological polar surface area (TPSA) is 63.3 Å². The molecule has 0 aliphatic carbocycles. The van der Waals surface area contributed by atoms with Gasteiger partial charge < -0.3 is 10.8 Å². The molecule has 0 aliphatic heterocycles. The summed E-state index contributed by atoms with van der Waals surface area (Å²) in [6, 6.07) is 0. The van der Waals surface area contributed by atoms with Crippen LogP contribution in [0, 0.1) is 0 Å². The lowest BCUT2D eigenvalue weighted by Gasteiger charge is -1.83. The monoisotopic (exact) mass is 185 g/mol. The Hall–Kier alpha value is -1.09. The number of amides is 1. The summed E-state index contributed by atoms with van der Waals surface area (Å²) < 4.78 is 0. The third kappa shape index (κ3) is 18.1. The molecule has 0 fully saturated rings. The van der Waals surface area contributed by atoms with Crippen LogP contribution in [-0.2, 0) is 4.79 Å². The first-order chi connectivity index (χ1) is 6.08. The van der Waals surface area contributed by atoms with Gasteiger partial charge in [-0.1, -0.05) is 30.7 Å². The van der Waals surface area contributed by atoms with Crippen LogP contribution in [0.1, 0.15) is 27.2 Å². The number of nitrogens with two attached hydrogens (primary N) is 1. The number of carbonyl (C=O) groups excluding carboxylic acids is 1. The highest BCUT2D eigenvalue weighted by molar-refractivity contribution is 5.73. The molecule has 0 saturated heterocycles. The molecule has 0 aromatic heterocycles. The van der Waals surface area contributed by atoms with Gasteiger partial charge in [-0.25, -0.2) is 0 Å². The average Bonchev–Trinajstić information content (AvgIpc) is 2.15. The molecule has 1 amide bonds. The van der Waals surface area contributed by atoms with Crippen molar-refractivity contribution in [2.75, 3.05) is 6.61 Å². The number of rotatable bonds is 3. The van der Waals surface area contributed by atoms with Crippen LogP contribution in [-0.4, -0.2) is 17.6 Å². The molecule has 0 bridgehead atoms. The van der Waals surface area contributed by atoms with Gasteiger partial charge in [-0.15, -0.1) is 0 Å².